The molecule has 0 aliphatic heterocycles. The van der Waals surface area contributed by atoms with E-state index in [0.29, 0.717) is 6.42 Å². The van der Waals surface area contributed by atoms with E-state index in [-0.39, 0.29) is 30.6 Å². The lowest BCUT2D eigenvalue weighted by atomic mass is 9.99. The minimum absolute atomic E-state index is 0.0503. The van der Waals surface area contributed by atoms with Crippen LogP contribution in [0.15, 0.2) is 30.3 Å². The highest BCUT2D eigenvalue weighted by atomic mass is 16.4. The van der Waals surface area contributed by atoms with E-state index in [9.17, 15) is 24.3 Å². The number of hydrogen-bond acceptors (Lipinski definition) is 5. The summed E-state index contributed by atoms with van der Waals surface area (Å²) in [6.07, 6.45) is 0.777. The third-order valence-electron chi connectivity index (χ3n) is 5.60. The van der Waals surface area contributed by atoms with Gasteiger partial charge in [0.25, 0.3) is 0 Å². The van der Waals surface area contributed by atoms with Gasteiger partial charge in [-0.2, -0.15) is 0 Å². The highest BCUT2D eigenvalue weighted by molar-refractivity contribution is 5.94. The molecule has 1 rings (SSSR count). The molecule has 0 aliphatic rings. The lowest BCUT2D eigenvalue weighted by Gasteiger charge is -2.27. The van der Waals surface area contributed by atoms with Crippen molar-refractivity contribution < 1.29 is 24.3 Å². The monoisotopic (exact) mass is 490 g/mol. The van der Waals surface area contributed by atoms with Crippen molar-refractivity contribution in [3.63, 3.8) is 0 Å². The van der Waals surface area contributed by atoms with Gasteiger partial charge in [0.1, 0.15) is 18.1 Å². The average Bonchev–Trinajstić information content (AvgIpc) is 2.76. The number of aliphatic carboxylic acids is 1. The summed E-state index contributed by atoms with van der Waals surface area (Å²) in [6, 6.07) is 5.37. The van der Waals surface area contributed by atoms with Crippen LogP contribution in [0, 0.1) is 17.8 Å². The predicted octanol–water partition coefficient (Wildman–Crippen LogP) is 1.84. The Bertz CT molecular complexity index is 841. The molecule has 4 unspecified atom stereocenters. The maximum Gasteiger partial charge on any atom is 0.326 e. The number of amides is 3. The minimum Gasteiger partial charge on any atom is -0.480 e. The zero-order valence-corrected chi connectivity index (χ0v) is 21.7. The summed E-state index contributed by atoms with van der Waals surface area (Å²) in [5.41, 5.74) is 6.75. The van der Waals surface area contributed by atoms with E-state index in [1.807, 2.05) is 71.9 Å². The molecule has 9 heteroatoms. The van der Waals surface area contributed by atoms with Gasteiger partial charge in [0.05, 0.1) is 6.04 Å². The van der Waals surface area contributed by atoms with Gasteiger partial charge in [-0.05, 0) is 36.2 Å². The van der Waals surface area contributed by atoms with Crippen LogP contribution in [0.4, 0.5) is 0 Å². The fraction of sp³-hybridized carbons (Fsp3) is 0.615. The average molecular weight is 491 g/mol. The maximum atomic E-state index is 13.2. The van der Waals surface area contributed by atoms with Gasteiger partial charge in [-0.3, -0.25) is 14.4 Å². The molecule has 196 valence electrons. The number of rotatable bonds is 14. The van der Waals surface area contributed by atoms with Crippen molar-refractivity contribution in [2.75, 3.05) is 0 Å². The Balaban J connectivity index is 3.13. The molecule has 0 spiro atoms. The van der Waals surface area contributed by atoms with Crippen molar-refractivity contribution in [3.05, 3.63) is 35.9 Å². The number of carbonyl (C=O) groups is 4. The summed E-state index contributed by atoms with van der Waals surface area (Å²) in [6.45, 7) is 11.2. The molecule has 3 amide bonds. The van der Waals surface area contributed by atoms with Gasteiger partial charge in [-0.1, -0.05) is 71.9 Å². The van der Waals surface area contributed by atoms with Crippen molar-refractivity contribution in [1.82, 2.24) is 16.0 Å². The highest BCUT2D eigenvalue weighted by Crippen LogP contribution is 2.10. The minimum atomic E-state index is -1.13. The molecule has 0 saturated carbocycles. The first-order valence-corrected chi connectivity index (χ1v) is 12.2. The summed E-state index contributed by atoms with van der Waals surface area (Å²) in [5, 5.41) is 17.6. The van der Waals surface area contributed by atoms with Crippen molar-refractivity contribution >= 4 is 23.7 Å². The fourth-order valence-corrected chi connectivity index (χ4v) is 3.57. The molecular weight excluding hydrogens is 448 g/mol. The molecule has 0 heterocycles. The lowest BCUT2D eigenvalue weighted by Crippen LogP contribution is -2.58. The molecular formula is C26H42N4O5. The van der Waals surface area contributed by atoms with Crippen LogP contribution in [0.1, 0.15) is 59.9 Å². The summed E-state index contributed by atoms with van der Waals surface area (Å²) >= 11 is 0. The summed E-state index contributed by atoms with van der Waals surface area (Å²) in [5.74, 6) is -2.65. The van der Waals surface area contributed by atoms with Gasteiger partial charge >= 0.3 is 5.97 Å². The van der Waals surface area contributed by atoms with E-state index in [4.69, 9.17) is 5.73 Å². The number of carboxylic acids is 1. The Hall–Kier alpha value is -2.94. The topological polar surface area (TPSA) is 151 Å². The van der Waals surface area contributed by atoms with Gasteiger partial charge in [0.2, 0.25) is 17.7 Å². The van der Waals surface area contributed by atoms with E-state index in [2.05, 4.69) is 16.0 Å². The molecule has 0 aromatic heterocycles. The second-order valence-electron chi connectivity index (χ2n) is 10.2. The predicted molar refractivity (Wildman–Crippen MR) is 135 cm³/mol. The van der Waals surface area contributed by atoms with Crippen molar-refractivity contribution in [1.29, 1.82) is 0 Å². The van der Waals surface area contributed by atoms with Crippen LogP contribution < -0.4 is 21.7 Å². The van der Waals surface area contributed by atoms with Crippen LogP contribution in [0.25, 0.3) is 0 Å². The van der Waals surface area contributed by atoms with E-state index in [1.165, 1.54) is 0 Å². The molecule has 0 aliphatic carbocycles. The Morgan fingerprint density at radius 2 is 1.20 bits per heavy atom. The number of hydrogen-bond donors (Lipinski definition) is 5. The SMILES string of the molecule is CC(C)CC(NC(=O)C(Cc1ccccc1)NC(=O)C(CC(C)C)NC(=O)C(N)C(C)C)C(=O)O. The normalized spacial score (nSPS) is 14.8. The smallest absolute Gasteiger partial charge is 0.326 e. The van der Waals surface area contributed by atoms with E-state index in [1.54, 1.807) is 0 Å². The zero-order chi connectivity index (χ0) is 26.7. The van der Waals surface area contributed by atoms with Crippen LogP contribution in [0.3, 0.4) is 0 Å². The van der Waals surface area contributed by atoms with Crippen molar-refractivity contribution in [2.24, 2.45) is 23.5 Å². The maximum absolute atomic E-state index is 13.2. The largest absolute Gasteiger partial charge is 0.480 e. The van der Waals surface area contributed by atoms with Crippen LogP contribution in [0.2, 0.25) is 0 Å². The number of benzene rings is 1. The second-order valence-corrected chi connectivity index (χ2v) is 10.2. The van der Waals surface area contributed by atoms with Gasteiger partial charge < -0.3 is 26.8 Å². The van der Waals surface area contributed by atoms with Gasteiger partial charge in [0.15, 0.2) is 0 Å². The number of carboxylic acid groups (broad SMARTS) is 1. The van der Waals surface area contributed by atoms with Crippen molar-refractivity contribution in [3.8, 4) is 0 Å². The second kappa shape index (κ2) is 14.5. The summed E-state index contributed by atoms with van der Waals surface area (Å²) in [7, 11) is 0. The Morgan fingerprint density at radius 1 is 0.743 bits per heavy atom. The Morgan fingerprint density at radius 3 is 1.69 bits per heavy atom. The quantitative estimate of drug-likeness (QED) is 0.268. The molecule has 1 aromatic rings. The van der Waals surface area contributed by atoms with E-state index >= 15 is 0 Å². The molecule has 0 fully saturated rings. The number of nitrogens with one attached hydrogen (secondary N) is 3. The third-order valence-corrected chi connectivity index (χ3v) is 5.60. The molecule has 0 saturated heterocycles. The van der Waals surface area contributed by atoms with Crippen molar-refractivity contribution in [2.45, 2.75) is 85.0 Å². The third kappa shape index (κ3) is 10.9. The van der Waals surface area contributed by atoms with E-state index in [0.717, 1.165) is 5.56 Å². The zero-order valence-electron chi connectivity index (χ0n) is 21.7. The molecule has 1 aromatic carbocycles. The molecule has 0 bridgehead atoms. The number of nitrogens with two attached hydrogens (primary N) is 1. The molecule has 0 radical (unpaired) electrons. The lowest BCUT2D eigenvalue weighted by molar-refractivity contribution is -0.142. The van der Waals surface area contributed by atoms with E-state index < -0.39 is 47.9 Å². The van der Waals surface area contributed by atoms with Gasteiger partial charge in [-0.15, -0.1) is 0 Å². The molecule has 4 atom stereocenters. The Kier molecular flexibility index (Phi) is 12.4. The van der Waals surface area contributed by atoms with Gasteiger partial charge in [0, 0.05) is 6.42 Å². The van der Waals surface area contributed by atoms with Crippen LogP contribution >= 0.6 is 0 Å². The molecule has 9 nitrogen and oxygen atoms in total. The first kappa shape index (κ1) is 30.1. The Labute approximate surface area is 208 Å². The molecule has 6 N–H and O–H groups in total. The first-order chi connectivity index (χ1) is 16.3. The summed E-state index contributed by atoms with van der Waals surface area (Å²) in [4.78, 5) is 50.6. The first-order valence-electron chi connectivity index (χ1n) is 12.2. The fourth-order valence-electron chi connectivity index (χ4n) is 3.57. The van der Waals surface area contributed by atoms with Crippen LogP contribution in [-0.4, -0.2) is 53.0 Å². The highest BCUT2D eigenvalue weighted by Gasteiger charge is 2.31. The van der Waals surface area contributed by atoms with Gasteiger partial charge in [-0.25, -0.2) is 4.79 Å². The van der Waals surface area contributed by atoms with Crippen LogP contribution in [0.5, 0.6) is 0 Å². The summed E-state index contributed by atoms with van der Waals surface area (Å²) < 4.78 is 0. The molecule has 35 heavy (non-hydrogen) atoms. The standard InChI is InChI=1S/C26H42N4O5/c1-15(2)12-19(29-25(33)22(27)17(5)6)23(31)28-20(14-18-10-8-7-9-11-18)24(32)30-21(26(34)35)13-16(3)4/h7-11,15-17,19-22H,12-14,27H2,1-6H3,(H,28,31)(H,29,33)(H,30,32)(H,34,35). The van der Waals surface area contributed by atoms with Crippen LogP contribution in [-0.2, 0) is 25.6 Å². The number of carbonyl (C=O) groups excluding carboxylic acids is 3.